The molecule has 1 fully saturated rings. The number of nitrogens with zero attached hydrogens (tertiary/aromatic N) is 2. The van der Waals surface area contributed by atoms with Gasteiger partial charge in [0.2, 0.25) is 5.88 Å². The smallest absolute Gasteiger partial charge is 0.411 e. The van der Waals surface area contributed by atoms with Crippen LogP contribution in [0.3, 0.4) is 0 Å². The van der Waals surface area contributed by atoms with Gasteiger partial charge in [0, 0.05) is 18.0 Å². The summed E-state index contributed by atoms with van der Waals surface area (Å²) in [6, 6.07) is 4.51. The highest BCUT2D eigenvalue weighted by atomic mass is 79.9. The van der Waals surface area contributed by atoms with Crippen molar-refractivity contribution in [3.8, 4) is 11.6 Å². The number of amides is 1. The van der Waals surface area contributed by atoms with Crippen LogP contribution in [0.15, 0.2) is 28.9 Å². The van der Waals surface area contributed by atoms with E-state index in [2.05, 4.69) is 20.9 Å². The number of carbonyl (C=O) groups is 2. The van der Waals surface area contributed by atoms with E-state index in [1.54, 1.807) is 34.1 Å². The van der Waals surface area contributed by atoms with Crippen LogP contribution in [0, 0.1) is 0 Å². The molecule has 0 unspecified atom stereocenters. The normalized spacial score (nSPS) is 19.3. The number of fused-ring (bicyclic) bond motifs is 1. The van der Waals surface area contributed by atoms with Gasteiger partial charge in [0.05, 0.1) is 18.1 Å². The van der Waals surface area contributed by atoms with Crippen molar-refractivity contribution in [1.29, 1.82) is 0 Å². The summed E-state index contributed by atoms with van der Waals surface area (Å²) >= 11 is 3.45. The molecule has 3 rings (SSSR count). The van der Waals surface area contributed by atoms with Crippen molar-refractivity contribution in [1.82, 2.24) is 9.88 Å². The number of carboxylic acid groups (broad SMARTS) is 1. The number of benzene rings is 1. The number of methoxy groups -OCH3 is 1. The SMILES string of the molecule is COc1cc2ccnc(O[C@@H]3C[C@@H](C(=O)O)N(C(=O)OC(C)(C)C)C3)c2cc1Br. The number of aliphatic carboxylic acids is 1. The number of carbonyl (C=O) groups excluding carboxylic acids is 1. The van der Waals surface area contributed by atoms with Crippen molar-refractivity contribution in [2.45, 2.75) is 44.9 Å². The minimum atomic E-state index is -1.10. The summed E-state index contributed by atoms with van der Waals surface area (Å²) in [5.41, 5.74) is -0.721. The molecule has 0 bridgehead atoms. The predicted molar refractivity (Wildman–Crippen MR) is 109 cm³/mol. The Labute approximate surface area is 176 Å². The molecule has 2 heterocycles. The topological polar surface area (TPSA) is 98.2 Å². The van der Waals surface area contributed by atoms with Gasteiger partial charge in [0.15, 0.2) is 0 Å². The fourth-order valence-electron chi connectivity index (χ4n) is 3.19. The first-order valence-corrected chi connectivity index (χ1v) is 9.89. The van der Waals surface area contributed by atoms with E-state index in [0.717, 1.165) is 15.2 Å². The molecular formula is C20H23BrN2O6. The van der Waals surface area contributed by atoms with E-state index in [1.165, 1.54) is 4.90 Å². The quantitative estimate of drug-likeness (QED) is 0.730. The molecule has 1 aromatic heterocycles. The summed E-state index contributed by atoms with van der Waals surface area (Å²) in [6.07, 6.45) is 0.557. The Morgan fingerprint density at radius 2 is 2.03 bits per heavy atom. The van der Waals surface area contributed by atoms with Crippen LogP contribution in [0.4, 0.5) is 4.79 Å². The molecule has 29 heavy (non-hydrogen) atoms. The number of likely N-dealkylation sites (tertiary alicyclic amines) is 1. The zero-order valence-corrected chi connectivity index (χ0v) is 18.2. The molecule has 2 aromatic rings. The third-order valence-corrected chi connectivity index (χ3v) is 5.07. The number of hydrogen-bond donors (Lipinski definition) is 1. The van der Waals surface area contributed by atoms with Crippen LogP contribution < -0.4 is 9.47 Å². The minimum Gasteiger partial charge on any atom is -0.496 e. The summed E-state index contributed by atoms with van der Waals surface area (Å²) in [6.45, 7) is 5.30. The molecule has 0 aliphatic carbocycles. The van der Waals surface area contributed by atoms with Crippen LogP contribution in [0.5, 0.6) is 11.6 Å². The Morgan fingerprint density at radius 1 is 1.31 bits per heavy atom. The van der Waals surface area contributed by atoms with Crippen molar-refractivity contribution < 1.29 is 28.9 Å². The average Bonchev–Trinajstić information content (AvgIpc) is 3.05. The highest BCUT2D eigenvalue weighted by Gasteiger charge is 2.43. The largest absolute Gasteiger partial charge is 0.496 e. The summed E-state index contributed by atoms with van der Waals surface area (Å²) < 4.78 is 17.4. The van der Waals surface area contributed by atoms with Gasteiger partial charge >= 0.3 is 12.1 Å². The molecular weight excluding hydrogens is 444 g/mol. The van der Waals surface area contributed by atoms with Gasteiger partial charge in [0.25, 0.3) is 0 Å². The fourth-order valence-corrected chi connectivity index (χ4v) is 3.70. The molecule has 9 heteroatoms. The van der Waals surface area contributed by atoms with Crippen LogP contribution in [0.1, 0.15) is 27.2 Å². The third kappa shape index (κ3) is 4.72. The Hall–Kier alpha value is -2.55. The Kier molecular flexibility index (Phi) is 5.88. The molecule has 1 aromatic carbocycles. The highest BCUT2D eigenvalue weighted by molar-refractivity contribution is 9.10. The Balaban J connectivity index is 1.84. The van der Waals surface area contributed by atoms with Gasteiger partial charge in [-0.1, -0.05) is 0 Å². The highest BCUT2D eigenvalue weighted by Crippen LogP contribution is 2.35. The molecule has 1 aliphatic heterocycles. The summed E-state index contributed by atoms with van der Waals surface area (Å²) in [5.74, 6) is -0.0519. The van der Waals surface area contributed by atoms with Gasteiger partial charge in [0.1, 0.15) is 23.5 Å². The number of ether oxygens (including phenoxy) is 3. The van der Waals surface area contributed by atoms with E-state index in [-0.39, 0.29) is 13.0 Å². The van der Waals surface area contributed by atoms with Gasteiger partial charge < -0.3 is 19.3 Å². The summed E-state index contributed by atoms with van der Waals surface area (Å²) in [7, 11) is 1.58. The van der Waals surface area contributed by atoms with Crippen molar-refractivity contribution in [2.75, 3.05) is 13.7 Å². The molecule has 8 nitrogen and oxygen atoms in total. The maximum absolute atomic E-state index is 12.5. The van der Waals surface area contributed by atoms with Crippen molar-refractivity contribution in [3.05, 3.63) is 28.9 Å². The number of halogens is 1. The van der Waals surface area contributed by atoms with Gasteiger partial charge in [-0.05, 0) is 60.3 Å². The second-order valence-corrected chi connectivity index (χ2v) is 8.64. The monoisotopic (exact) mass is 466 g/mol. The Morgan fingerprint density at radius 3 is 2.66 bits per heavy atom. The van der Waals surface area contributed by atoms with Gasteiger partial charge in [-0.2, -0.15) is 0 Å². The Bertz CT molecular complexity index is 942. The van der Waals surface area contributed by atoms with E-state index < -0.39 is 29.8 Å². The average molecular weight is 467 g/mol. The zero-order valence-electron chi connectivity index (χ0n) is 16.6. The van der Waals surface area contributed by atoms with Crippen LogP contribution in [0.2, 0.25) is 0 Å². The number of carboxylic acids is 1. The van der Waals surface area contributed by atoms with E-state index >= 15 is 0 Å². The molecule has 0 spiro atoms. The number of aromatic nitrogens is 1. The van der Waals surface area contributed by atoms with E-state index in [1.807, 2.05) is 18.2 Å². The minimum absolute atomic E-state index is 0.0985. The molecule has 1 saturated heterocycles. The standard InChI is InChI=1S/C20H23BrN2O6/c1-20(2,3)29-19(26)23-10-12(8-15(23)18(24)25)28-17-13-9-14(21)16(27-4)7-11(13)5-6-22-17/h5-7,9,12,15H,8,10H2,1-4H3,(H,24,25)/t12-,15+/m1/s1. The predicted octanol–water partition coefficient (Wildman–Crippen LogP) is 3.85. The fraction of sp³-hybridized carbons (Fsp3) is 0.450. The first-order chi connectivity index (χ1) is 13.6. The maximum atomic E-state index is 12.5. The second-order valence-electron chi connectivity index (χ2n) is 7.79. The lowest BCUT2D eigenvalue weighted by molar-refractivity contribution is -0.142. The molecule has 156 valence electrons. The molecule has 1 aliphatic rings. The maximum Gasteiger partial charge on any atom is 0.411 e. The molecule has 1 amide bonds. The zero-order chi connectivity index (χ0) is 21.3. The molecule has 2 atom stereocenters. The van der Waals surface area contributed by atoms with Gasteiger partial charge in [-0.15, -0.1) is 0 Å². The molecule has 0 saturated carbocycles. The number of rotatable bonds is 4. The van der Waals surface area contributed by atoms with E-state index in [9.17, 15) is 14.7 Å². The third-order valence-electron chi connectivity index (χ3n) is 4.45. The van der Waals surface area contributed by atoms with Crippen LogP contribution in [0.25, 0.3) is 10.8 Å². The van der Waals surface area contributed by atoms with Crippen molar-refractivity contribution in [3.63, 3.8) is 0 Å². The van der Waals surface area contributed by atoms with Crippen molar-refractivity contribution in [2.24, 2.45) is 0 Å². The number of hydrogen-bond acceptors (Lipinski definition) is 6. The summed E-state index contributed by atoms with van der Waals surface area (Å²) in [4.78, 5) is 29.6. The van der Waals surface area contributed by atoms with Gasteiger partial charge in [-0.25, -0.2) is 14.6 Å². The van der Waals surface area contributed by atoms with Crippen molar-refractivity contribution >= 4 is 38.8 Å². The first kappa shape index (κ1) is 21.2. The summed E-state index contributed by atoms with van der Waals surface area (Å²) in [5, 5.41) is 11.2. The molecule has 0 radical (unpaired) electrons. The second kappa shape index (κ2) is 8.06. The van der Waals surface area contributed by atoms with E-state index in [4.69, 9.17) is 14.2 Å². The molecule has 1 N–H and O–H groups in total. The van der Waals surface area contributed by atoms with Crippen LogP contribution in [-0.4, -0.2) is 58.5 Å². The lowest BCUT2D eigenvalue weighted by Crippen LogP contribution is -2.43. The first-order valence-electron chi connectivity index (χ1n) is 9.10. The van der Waals surface area contributed by atoms with Crippen LogP contribution in [-0.2, 0) is 9.53 Å². The van der Waals surface area contributed by atoms with Gasteiger partial charge in [-0.3, -0.25) is 4.90 Å². The van der Waals surface area contributed by atoms with E-state index in [0.29, 0.717) is 11.6 Å². The lowest BCUT2D eigenvalue weighted by atomic mass is 10.1. The lowest BCUT2D eigenvalue weighted by Gasteiger charge is -2.26. The van der Waals surface area contributed by atoms with Crippen LogP contribution >= 0.6 is 15.9 Å². The number of pyridine rings is 1.